The van der Waals surface area contributed by atoms with Gasteiger partial charge < -0.3 is 14.5 Å². The van der Waals surface area contributed by atoms with Gasteiger partial charge in [0.05, 0.1) is 12.6 Å². The molecule has 0 aromatic carbocycles. The van der Waals surface area contributed by atoms with E-state index in [1.54, 1.807) is 6.20 Å². The largest absolute Gasteiger partial charge is 0.338 e. The molecule has 24 heavy (non-hydrogen) atoms. The minimum atomic E-state index is -0.667. The third-order valence-corrected chi connectivity index (χ3v) is 4.40. The number of nitrogens with one attached hydrogen (secondary N) is 1. The van der Waals surface area contributed by atoms with Crippen molar-refractivity contribution >= 4 is 5.91 Å². The van der Waals surface area contributed by atoms with E-state index in [2.05, 4.69) is 10.1 Å². The molecule has 0 aliphatic carbocycles. The van der Waals surface area contributed by atoms with E-state index in [0.717, 1.165) is 25.8 Å². The molecule has 2 aromatic rings. The number of nitrogens with zero attached hydrogens (tertiary/aromatic N) is 4. The Bertz CT molecular complexity index is 793. The van der Waals surface area contributed by atoms with Crippen LogP contribution in [0.15, 0.2) is 40.4 Å². The molecule has 0 saturated carbocycles. The summed E-state index contributed by atoms with van der Waals surface area (Å²) in [6.07, 6.45) is 9.79. The number of aryl methyl sites for hydroxylation is 1. The minimum absolute atomic E-state index is 0.0130. The van der Waals surface area contributed by atoms with Gasteiger partial charge in [-0.3, -0.25) is 19.1 Å². The molecule has 1 amide bonds. The van der Waals surface area contributed by atoms with E-state index in [1.165, 1.54) is 17.0 Å². The van der Waals surface area contributed by atoms with Gasteiger partial charge in [0.25, 0.3) is 0 Å². The Kier molecular flexibility index (Phi) is 4.93. The average Bonchev–Trinajstić information content (AvgIpc) is 3.09. The number of hydrogen-bond acceptors (Lipinski definition) is 4. The van der Waals surface area contributed by atoms with Crippen LogP contribution in [-0.4, -0.2) is 42.7 Å². The Hall–Kier alpha value is -2.64. The van der Waals surface area contributed by atoms with Crippen molar-refractivity contribution in [3.05, 3.63) is 51.6 Å². The van der Waals surface area contributed by atoms with Gasteiger partial charge in [0, 0.05) is 44.3 Å². The lowest BCUT2D eigenvalue weighted by atomic mass is 10.0. The van der Waals surface area contributed by atoms with Crippen LogP contribution in [0.5, 0.6) is 0 Å². The molecular formula is C16H21N5O3. The Morgan fingerprint density at radius 3 is 2.96 bits per heavy atom. The highest BCUT2D eigenvalue weighted by atomic mass is 16.2. The lowest BCUT2D eigenvalue weighted by Crippen LogP contribution is -2.46. The first-order valence-electron chi connectivity index (χ1n) is 8.20. The molecule has 1 aliphatic rings. The number of amides is 1. The standard InChI is InChI=1S/C16H21N5O3/c22-14(5-10-19-11-7-17-15(23)16(19)24)21-9-2-1-4-13(21)12-20-8-3-6-18-20/h3,6-8,11,13H,1-2,4-5,9-10,12H2,(H,17,23). The summed E-state index contributed by atoms with van der Waals surface area (Å²) in [6.45, 7) is 1.63. The Balaban J connectivity index is 1.64. The van der Waals surface area contributed by atoms with E-state index in [9.17, 15) is 14.4 Å². The van der Waals surface area contributed by atoms with Crippen LogP contribution < -0.4 is 11.1 Å². The molecule has 1 N–H and O–H groups in total. The highest BCUT2D eigenvalue weighted by molar-refractivity contribution is 5.76. The number of aromatic amines is 1. The van der Waals surface area contributed by atoms with Gasteiger partial charge in [-0.2, -0.15) is 5.10 Å². The second-order valence-electron chi connectivity index (χ2n) is 6.00. The molecule has 1 fully saturated rings. The average molecular weight is 331 g/mol. The molecular weight excluding hydrogens is 310 g/mol. The highest BCUT2D eigenvalue weighted by Gasteiger charge is 2.26. The number of carbonyl (C=O) groups is 1. The maximum absolute atomic E-state index is 12.6. The van der Waals surface area contributed by atoms with Crippen LogP contribution in [0.25, 0.3) is 0 Å². The van der Waals surface area contributed by atoms with E-state index in [-0.39, 0.29) is 24.9 Å². The molecule has 8 heteroatoms. The summed E-state index contributed by atoms with van der Waals surface area (Å²) in [6, 6.07) is 2.00. The lowest BCUT2D eigenvalue weighted by molar-refractivity contribution is -0.135. The van der Waals surface area contributed by atoms with Crippen LogP contribution in [0.3, 0.4) is 0 Å². The van der Waals surface area contributed by atoms with Crippen molar-refractivity contribution in [2.75, 3.05) is 6.54 Å². The molecule has 1 aliphatic heterocycles. The maximum atomic E-state index is 12.6. The van der Waals surface area contributed by atoms with E-state index in [4.69, 9.17) is 0 Å². The Labute approximate surface area is 138 Å². The van der Waals surface area contributed by atoms with Gasteiger partial charge in [-0.15, -0.1) is 0 Å². The second-order valence-corrected chi connectivity index (χ2v) is 6.00. The number of rotatable bonds is 5. The summed E-state index contributed by atoms with van der Waals surface area (Å²) in [4.78, 5) is 39.9. The van der Waals surface area contributed by atoms with Gasteiger partial charge >= 0.3 is 11.1 Å². The first-order chi connectivity index (χ1) is 11.6. The molecule has 0 radical (unpaired) electrons. The van der Waals surface area contributed by atoms with Gasteiger partial charge in [-0.05, 0) is 25.3 Å². The van der Waals surface area contributed by atoms with Crippen molar-refractivity contribution in [3.8, 4) is 0 Å². The van der Waals surface area contributed by atoms with E-state index >= 15 is 0 Å². The van der Waals surface area contributed by atoms with Crippen molar-refractivity contribution in [3.63, 3.8) is 0 Å². The van der Waals surface area contributed by atoms with Crippen molar-refractivity contribution in [1.82, 2.24) is 24.2 Å². The predicted octanol–water partition coefficient (Wildman–Crippen LogP) is 0.205. The zero-order valence-corrected chi connectivity index (χ0v) is 13.4. The number of aromatic nitrogens is 4. The number of carbonyl (C=O) groups excluding carboxylic acids is 1. The predicted molar refractivity (Wildman–Crippen MR) is 87.5 cm³/mol. The number of piperidine rings is 1. The van der Waals surface area contributed by atoms with E-state index < -0.39 is 11.1 Å². The summed E-state index contributed by atoms with van der Waals surface area (Å²) in [7, 11) is 0. The topological polar surface area (TPSA) is 93.0 Å². The third kappa shape index (κ3) is 3.64. The fourth-order valence-electron chi connectivity index (χ4n) is 3.14. The molecule has 8 nitrogen and oxygen atoms in total. The number of H-pyrrole nitrogens is 1. The van der Waals surface area contributed by atoms with Crippen molar-refractivity contribution in [2.24, 2.45) is 0 Å². The molecule has 0 bridgehead atoms. The van der Waals surface area contributed by atoms with Gasteiger partial charge in [0.2, 0.25) is 5.91 Å². The maximum Gasteiger partial charge on any atom is 0.316 e. The van der Waals surface area contributed by atoms with Crippen LogP contribution in [-0.2, 0) is 17.9 Å². The third-order valence-electron chi connectivity index (χ3n) is 4.40. The molecule has 2 aromatic heterocycles. The normalized spacial score (nSPS) is 17.8. The summed E-state index contributed by atoms with van der Waals surface area (Å²) < 4.78 is 3.13. The SMILES string of the molecule is O=C(CCn1cc[nH]c(=O)c1=O)N1CCCCC1Cn1cccn1. The van der Waals surface area contributed by atoms with Crippen molar-refractivity contribution in [1.29, 1.82) is 0 Å². The summed E-state index contributed by atoms with van der Waals surface area (Å²) in [5.74, 6) is 0.0130. The molecule has 1 saturated heterocycles. The number of hydrogen-bond donors (Lipinski definition) is 1. The van der Waals surface area contributed by atoms with E-state index in [0.29, 0.717) is 6.54 Å². The highest BCUT2D eigenvalue weighted by Crippen LogP contribution is 2.19. The summed E-state index contributed by atoms with van der Waals surface area (Å²) in [5.41, 5.74) is -1.29. The Morgan fingerprint density at radius 2 is 2.17 bits per heavy atom. The zero-order valence-electron chi connectivity index (χ0n) is 13.4. The zero-order chi connectivity index (χ0) is 16.9. The van der Waals surface area contributed by atoms with Crippen molar-refractivity contribution in [2.45, 2.75) is 44.8 Å². The minimum Gasteiger partial charge on any atom is -0.338 e. The van der Waals surface area contributed by atoms with Gasteiger partial charge in [-0.25, -0.2) is 0 Å². The quantitative estimate of drug-likeness (QED) is 0.792. The van der Waals surface area contributed by atoms with Crippen LogP contribution in [0.4, 0.5) is 0 Å². The number of likely N-dealkylation sites (tertiary alicyclic amines) is 1. The molecule has 1 atom stereocenters. The van der Waals surface area contributed by atoms with Crippen LogP contribution in [0, 0.1) is 0 Å². The van der Waals surface area contributed by atoms with Crippen LogP contribution in [0.2, 0.25) is 0 Å². The monoisotopic (exact) mass is 331 g/mol. The molecule has 3 heterocycles. The van der Waals surface area contributed by atoms with E-state index in [1.807, 2.05) is 21.8 Å². The summed E-state index contributed by atoms with van der Waals surface area (Å²) in [5, 5.41) is 4.21. The molecule has 1 unspecified atom stereocenters. The Morgan fingerprint density at radius 1 is 1.29 bits per heavy atom. The molecule has 0 spiro atoms. The van der Waals surface area contributed by atoms with Gasteiger partial charge in [-0.1, -0.05) is 0 Å². The fourth-order valence-corrected chi connectivity index (χ4v) is 3.14. The smallest absolute Gasteiger partial charge is 0.316 e. The first kappa shape index (κ1) is 16.2. The molecule has 3 rings (SSSR count). The van der Waals surface area contributed by atoms with Crippen molar-refractivity contribution < 1.29 is 4.79 Å². The second kappa shape index (κ2) is 7.29. The van der Waals surface area contributed by atoms with Gasteiger partial charge in [0.15, 0.2) is 0 Å². The van der Waals surface area contributed by atoms with Crippen LogP contribution in [0.1, 0.15) is 25.7 Å². The molecule has 128 valence electrons. The van der Waals surface area contributed by atoms with Gasteiger partial charge in [0.1, 0.15) is 0 Å². The first-order valence-corrected chi connectivity index (χ1v) is 8.20. The lowest BCUT2D eigenvalue weighted by Gasteiger charge is -2.36. The summed E-state index contributed by atoms with van der Waals surface area (Å²) >= 11 is 0. The fraction of sp³-hybridized carbons (Fsp3) is 0.500. The van der Waals surface area contributed by atoms with Crippen LogP contribution >= 0.6 is 0 Å².